The van der Waals surface area contributed by atoms with Crippen LogP contribution in [0, 0.1) is 0 Å². The highest BCUT2D eigenvalue weighted by atomic mass is 16.5. The lowest BCUT2D eigenvalue weighted by molar-refractivity contribution is -0.132. The lowest BCUT2D eigenvalue weighted by atomic mass is 9.78. The third-order valence-electron chi connectivity index (χ3n) is 5.80. The maximum atomic E-state index is 13.2. The van der Waals surface area contributed by atoms with E-state index in [1.807, 2.05) is 30.3 Å². The monoisotopic (exact) mass is 348 g/mol. The SMILES string of the molecule is O=C1N[C@@]2(CCc3ccccc3C2)C(=O)N1Cc1ccc2c(c1)COC2. The summed E-state index contributed by atoms with van der Waals surface area (Å²) in [6.07, 6.45) is 2.04. The van der Waals surface area contributed by atoms with Crippen molar-refractivity contribution in [2.45, 2.75) is 44.6 Å². The molecule has 1 aliphatic carbocycles. The molecule has 1 spiro atoms. The highest BCUT2D eigenvalue weighted by molar-refractivity contribution is 6.07. The fraction of sp³-hybridized carbons (Fsp3) is 0.333. The number of aryl methyl sites for hydroxylation is 1. The number of benzene rings is 2. The highest BCUT2D eigenvalue weighted by Crippen LogP contribution is 2.34. The number of amides is 3. The van der Waals surface area contributed by atoms with Gasteiger partial charge in [-0.05, 0) is 40.7 Å². The van der Waals surface area contributed by atoms with Crippen molar-refractivity contribution >= 4 is 11.9 Å². The van der Waals surface area contributed by atoms with Gasteiger partial charge in [-0.15, -0.1) is 0 Å². The normalized spacial score (nSPS) is 23.9. The van der Waals surface area contributed by atoms with Gasteiger partial charge in [0.15, 0.2) is 0 Å². The van der Waals surface area contributed by atoms with E-state index >= 15 is 0 Å². The number of hydrogen-bond acceptors (Lipinski definition) is 3. The van der Waals surface area contributed by atoms with Gasteiger partial charge in [-0.2, -0.15) is 0 Å². The average molecular weight is 348 g/mol. The van der Waals surface area contributed by atoms with E-state index in [1.54, 1.807) is 0 Å². The Morgan fingerprint density at radius 3 is 2.69 bits per heavy atom. The van der Waals surface area contributed by atoms with Gasteiger partial charge in [-0.3, -0.25) is 9.69 Å². The second kappa shape index (κ2) is 5.68. The van der Waals surface area contributed by atoms with Crippen LogP contribution in [0.15, 0.2) is 42.5 Å². The maximum absolute atomic E-state index is 13.2. The number of ether oxygens (including phenoxy) is 1. The summed E-state index contributed by atoms with van der Waals surface area (Å²) in [4.78, 5) is 27.1. The van der Waals surface area contributed by atoms with E-state index in [0.29, 0.717) is 32.6 Å². The van der Waals surface area contributed by atoms with Crippen molar-refractivity contribution in [2.75, 3.05) is 0 Å². The van der Waals surface area contributed by atoms with Gasteiger partial charge in [-0.25, -0.2) is 4.79 Å². The predicted molar refractivity (Wildman–Crippen MR) is 95.2 cm³/mol. The van der Waals surface area contributed by atoms with Gasteiger partial charge in [0.05, 0.1) is 19.8 Å². The number of carbonyl (C=O) groups excluding carboxylic acids is 2. The number of urea groups is 1. The van der Waals surface area contributed by atoms with Crippen LogP contribution in [0.3, 0.4) is 0 Å². The largest absolute Gasteiger partial charge is 0.372 e. The molecule has 5 rings (SSSR count). The number of hydrogen-bond donors (Lipinski definition) is 1. The van der Waals surface area contributed by atoms with Gasteiger partial charge >= 0.3 is 6.03 Å². The molecule has 1 N–H and O–H groups in total. The molecule has 0 bridgehead atoms. The van der Waals surface area contributed by atoms with E-state index in [-0.39, 0.29) is 11.9 Å². The zero-order valence-electron chi connectivity index (χ0n) is 14.5. The minimum Gasteiger partial charge on any atom is -0.372 e. The van der Waals surface area contributed by atoms with E-state index in [4.69, 9.17) is 4.74 Å². The van der Waals surface area contributed by atoms with Crippen LogP contribution in [0.2, 0.25) is 0 Å². The lowest BCUT2D eigenvalue weighted by Crippen LogP contribution is -2.51. The van der Waals surface area contributed by atoms with Crippen molar-refractivity contribution in [1.29, 1.82) is 0 Å². The Balaban J connectivity index is 1.40. The zero-order chi connectivity index (χ0) is 17.7. The Hall–Kier alpha value is -2.66. The predicted octanol–water partition coefficient (Wildman–Crippen LogP) is 2.70. The molecule has 5 nitrogen and oxygen atoms in total. The van der Waals surface area contributed by atoms with Crippen LogP contribution in [-0.2, 0) is 42.1 Å². The summed E-state index contributed by atoms with van der Waals surface area (Å²) in [6.45, 7) is 1.55. The van der Waals surface area contributed by atoms with Crippen molar-refractivity contribution in [3.8, 4) is 0 Å². The molecule has 3 amide bonds. The number of carbonyl (C=O) groups is 2. The molecule has 26 heavy (non-hydrogen) atoms. The third kappa shape index (κ3) is 2.35. The summed E-state index contributed by atoms with van der Waals surface area (Å²) in [5, 5.41) is 3.00. The molecule has 0 aromatic heterocycles. The summed E-state index contributed by atoms with van der Waals surface area (Å²) in [5.74, 6) is -0.103. The molecule has 2 heterocycles. The first-order valence-corrected chi connectivity index (χ1v) is 9.04. The van der Waals surface area contributed by atoms with Gasteiger partial charge in [-0.1, -0.05) is 42.5 Å². The first kappa shape index (κ1) is 15.6. The van der Waals surface area contributed by atoms with Crippen molar-refractivity contribution in [3.63, 3.8) is 0 Å². The molecule has 1 saturated heterocycles. The number of nitrogens with one attached hydrogen (secondary N) is 1. The summed E-state index contributed by atoms with van der Waals surface area (Å²) in [5.41, 5.74) is 4.94. The topological polar surface area (TPSA) is 58.6 Å². The molecule has 0 radical (unpaired) electrons. The molecular weight excluding hydrogens is 328 g/mol. The summed E-state index contributed by atoms with van der Waals surface area (Å²) in [6, 6.07) is 13.9. The van der Waals surface area contributed by atoms with Crippen LogP contribution in [-0.4, -0.2) is 22.4 Å². The molecular formula is C21H20N2O3. The summed E-state index contributed by atoms with van der Waals surface area (Å²) < 4.78 is 5.45. The second-order valence-electron chi connectivity index (χ2n) is 7.44. The Morgan fingerprint density at radius 2 is 1.81 bits per heavy atom. The Morgan fingerprint density at radius 1 is 1.00 bits per heavy atom. The lowest BCUT2D eigenvalue weighted by Gasteiger charge is -2.32. The van der Waals surface area contributed by atoms with E-state index < -0.39 is 5.54 Å². The fourth-order valence-electron chi connectivity index (χ4n) is 4.35. The molecule has 5 heteroatoms. The standard InChI is InChI=1S/C21H20N2O3/c24-19-21(8-7-15-3-1-2-4-16(15)10-21)22-20(25)23(19)11-14-5-6-17-12-26-13-18(17)9-14/h1-6,9H,7-8,10-13H2,(H,22,25)/t21-/m1/s1. The molecule has 2 aliphatic heterocycles. The van der Waals surface area contributed by atoms with Gasteiger partial charge in [0.25, 0.3) is 5.91 Å². The van der Waals surface area contributed by atoms with E-state index in [0.717, 1.165) is 23.1 Å². The zero-order valence-corrected chi connectivity index (χ0v) is 14.5. The number of imide groups is 1. The van der Waals surface area contributed by atoms with Gasteiger partial charge < -0.3 is 10.1 Å². The maximum Gasteiger partial charge on any atom is 0.325 e. The van der Waals surface area contributed by atoms with Crippen molar-refractivity contribution in [1.82, 2.24) is 10.2 Å². The smallest absolute Gasteiger partial charge is 0.325 e. The van der Waals surface area contributed by atoms with Crippen molar-refractivity contribution < 1.29 is 14.3 Å². The van der Waals surface area contributed by atoms with Gasteiger partial charge in [0.1, 0.15) is 5.54 Å². The van der Waals surface area contributed by atoms with Crippen LogP contribution >= 0.6 is 0 Å². The molecule has 2 aromatic rings. The Labute approximate surface area is 152 Å². The number of nitrogens with zero attached hydrogens (tertiary/aromatic N) is 1. The molecule has 132 valence electrons. The summed E-state index contributed by atoms with van der Waals surface area (Å²) in [7, 11) is 0. The molecule has 3 aliphatic rings. The van der Waals surface area contributed by atoms with E-state index in [9.17, 15) is 9.59 Å². The van der Waals surface area contributed by atoms with E-state index in [2.05, 4.69) is 17.4 Å². The van der Waals surface area contributed by atoms with Crippen LogP contribution in [0.25, 0.3) is 0 Å². The quantitative estimate of drug-likeness (QED) is 0.849. The number of rotatable bonds is 2. The van der Waals surface area contributed by atoms with E-state index in [1.165, 1.54) is 16.0 Å². The second-order valence-corrected chi connectivity index (χ2v) is 7.44. The van der Waals surface area contributed by atoms with Crippen LogP contribution < -0.4 is 5.32 Å². The van der Waals surface area contributed by atoms with Crippen LogP contribution in [0.5, 0.6) is 0 Å². The molecule has 2 aromatic carbocycles. The molecule has 0 unspecified atom stereocenters. The third-order valence-corrected chi connectivity index (χ3v) is 5.80. The molecule has 1 fully saturated rings. The van der Waals surface area contributed by atoms with Crippen molar-refractivity contribution in [2.24, 2.45) is 0 Å². The summed E-state index contributed by atoms with van der Waals surface area (Å²) >= 11 is 0. The Bertz CT molecular complexity index is 923. The molecule has 1 atom stereocenters. The minimum atomic E-state index is -0.786. The van der Waals surface area contributed by atoms with Gasteiger partial charge in [0, 0.05) is 6.42 Å². The fourth-order valence-corrected chi connectivity index (χ4v) is 4.35. The average Bonchev–Trinajstić information content (AvgIpc) is 3.20. The van der Waals surface area contributed by atoms with Crippen LogP contribution in [0.4, 0.5) is 4.79 Å². The van der Waals surface area contributed by atoms with Crippen molar-refractivity contribution in [3.05, 3.63) is 70.3 Å². The van der Waals surface area contributed by atoms with Gasteiger partial charge in [0.2, 0.25) is 0 Å². The van der Waals surface area contributed by atoms with Crippen LogP contribution in [0.1, 0.15) is 34.2 Å². The highest BCUT2D eigenvalue weighted by Gasteiger charge is 2.52. The first-order chi connectivity index (χ1) is 12.6. The Kier molecular flexibility index (Phi) is 3.40. The minimum absolute atomic E-state index is 0.103. The molecule has 0 saturated carbocycles. The first-order valence-electron chi connectivity index (χ1n) is 9.04. The number of fused-ring (bicyclic) bond motifs is 2.